The molecule has 0 unspecified atom stereocenters. The van der Waals surface area contributed by atoms with Gasteiger partial charge in [0.25, 0.3) is 0 Å². The number of thioether (sulfide) groups is 1. The van der Waals surface area contributed by atoms with Crippen LogP contribution in [0.25, 0.3) is 0 Å². The first kappa shape index (κ1) is 10.4. The van der Waals surface area contributed by atoms with Gasteiger partial charge in [-0.2, -0.15) is 0 Å². The van der Waals surface area contributed by atoms with Crippen molar-refractivity contribution < 1.29 is 4.58 Å². The van der Waals surface area contributed by atoms with Gasteiger partial charge in [0.2, 0.25) is 5.04 Å². The van der Waals surface area contributed by atoms with E-state index in [1.165, 1.54) is 41.3 Å². The van der Waals surface area contributed by atoms with Crippen LogP contribution in [-0.2, 0) is 6.42 Å². The van der Waals surface area contributed by atoms with E-state index in [0.29, 0.717) is 5.54 Å². The van der Waals surface area contributed by atoms with Gasteiger partial charge in [-0.05, 0) is 11.6 Å². The minimum atomic E-state index is 0.340. The Hall–Kier alpha value is -0.760. The van der Waals surface area contributed by atoms with Gasteiger partial charge in [0, 0.05) is 19.8 Å². The highest BCUT2D eigenvalue weighted by Crippen LogP contribution is 2.35. The summed E-state index contributed by atoms with van der Waals surface area (Å²) in [5, 5.41) is 1.52. The van der Waals surface area contributed by atoms with E-state index in [1.807, 2.05) is 11.8 Å². The van der Waals surface area contributed by atoms with Gasteiger partial charge in [-0.15, -0.1) is 0 Å². The van der Waals surface area contributed by atoms with Crippen LogP contribution in [0.1, 0.15) is 31.4 Å². The van der Waals surface area contributed by atoms with Gasteiger partial charge in [0.05, 0.1) is 11.3 Å². The Kier molecular flexibility index (Phi) is 2.36. The quantitative estimate of drug-likeness (QED) is 0.673. The predicted octanol–water partition coefficient (Wildman–Crippen LogP) is 2.92. The summed E-state index contributed by atoms with van der Waals surface area (Å²) >= 11 is 2.03. The summed E-state index contributed by atoms with van der Waals surface area (Å²) in [5.41, 5.74) is 3.36. The lowest BCUT2D eigenvalue weighted by Crippen LogP contribution is -2.45. The van der Waals surface area contributed by atoms with Crippen LogP contribution in [-0.4, -0.2) is 27.5 Å². The monoisotopic (exact) mass is 232 g/mol. The summed E-state index contributed by atoms with van der Waals surface area (Å²) in [5.74, 6) is 1.25. The highest BCUT2D eigenvalue weighted by molar-refractivity contribution is 8.14. The molecule has 2 aliphatic heterocycles. The molecular formula is C14H18NS+. The highest BCUT2D eigenvalue weighted by atomic mass is 32.2. The standard InChI is InChI=1S/C14H18NS/c1-3-14(2)10-11-6-4-5-7-12(11)13-15(14)8-9-16-13/h4-7H,3,8-10H2,1-2H3/q+1/t14-/m0/s1. The fraction of sp³-hybridized carbons (Fsp3) is 0.500. The molecule has 2 aliphatic rings. The van der Waals surface area contributed by atoms with Crippen LogP contribution in [0.3, 0.4) is 0 Å². The summed E-state index contributed by atoms with van der Waals surface area (Å²) in [4.78, 5) is 0. The number of fused-ring (bicyclic) bond motifs is 2. The van der Waals surface area contributed by atoms with Crippen molar-refractivity contribution >= 4 is 16.8 Å². The molecule has 0 radical (unpaired) electrons. The molecule has 2 heterocycles. The van der Waals surface area contributed by atoms with E-state index in [0.717, 1.165) is 0 Å². The van der Waals surface area contributed by atoms with Crippen molar-refractivity contribution in [2.45, 2.75) is 32.2 Å². The maximum absolute atomic E-state index is 2.64. The normalized spacial score (nSPS) is 27.9. The van der Waals surface area contributed by atoms with E-state index in [-0.39, 0.29) is 0 Å². The zero-order valence-electron chi connectivity index (χ0n) is 9.99. The molecule has 1 aromatic rings. The fourth-order valence-electron chi connectivity index (χ4n) is 2.86. The molecular weight excluding hydrogens is 214 g/mol. The Labute approximate surface area is 102 Å². The second-order valence-corrected chi connectivity index (χ2v) is 6.07. The third-order valence-corrected chi connectivity index (χ3v) is 5.13. The van der Waals surface area contributed by atoms with Crippen LogP contribution in [0.5, 0.6) is 0 Å². The molecule has 0 saturated heterocycles. The number of hydrogen-bond donors (Lipinski definition) is 0. The smallest absolute Gasteiger partial charge is 0.218 e. The molecule has 3 rings (SSSR count). The van der Waals surface area contributed by atoms with Crippen molar-refractivity contribution in [1.29, 1.82) is 0 Å². The maximum Gasteiger partial charge on any atom is 0.243 e. The first-order valence-electron chi connectivity index (χ1n) is 6.10. The Balaban J connectivity index is 2.20. The number of rotatable bonds is 1. The largest absolute Gasteiger partial charge is 0.243 e. The van der Waals surface area contributed by atoms with Crippen molar-refractivity contribution in [2.24, 2.45) is 0 Å². The van der Waals surface area contributed by atoms with Crippen LogP contribution in [0, 0.1) is 0 Å². The number of nitrogens with zero attached hydrogens (tertiary/aromatic N) is 1. The van der Waals surface area contributed by atoms with Crippen LogP contribution >= 0.6 is 11.8 Å². The van der Waals surface area contributed by atoms with Gasteiger partial charge in [-0.3, -0.25) is 0 Å². The summed E-state index contributed by atoms with van der Waals surface area (Å²) in [6, 6.07) is 8.92. The minimum absolute atomic E-state index is 0.340. The summed E-state index contributed by atoms with van der Waals surface area (Å²) in [7, 11) is 0. The average Bonchev–Trinajstić information content (AvgIpc) is 2.79. The van der Waals surface area contributed by atoms with Gasteiger partial charge < -0.3 is 0 Å². The Bertz CT molecular complexity index is 464. The molecule has 1 aromatic carbocycles. The molecule has 0 aliphatic carbocycles. The summed E-state index contributed by atoms with van der Waals surface area (Å²) in [6.07, 6.45) is 2.43. The molecule has 1 nitrogen and oxygen atoms in total. The lowest BCUT2D eigenvalue weighted by atomic mass is 9.85. The van der Waals surface area contributed by atoms with Crippen molar-refractivity contribution in [1.82, 2.24) is 0 Å². The zero-order valence-corrected chi connectivity index (χ0v) is 10.8. The van der Waals surface area contributed by atoms with Crippen molar-refractivity contribution in [3.05, 3.63) is 35.4 Å². The van der Waals surface area contributed by atoms with Gasteiger partial charge in [0.15, 0.2) is 12.1 Å². The Morgan fingerprint density at radius 2 is 2.19 bits per heavy atom. The number of benzene rings is 1. The average molecular weight is 232 g/mol. The molecule has 0 spiro atoms. The number of hydrogen-bond acceptors (Lipinski definition) is 1. The van der Waals surface area contributed by atoms with Gasteiger partial charge in [0.1, 0.15) is 0 Å². The summed E-state index contributed by atoms with van der Waals surface area (Å²) < 4.78 is 2.64. The highest BCUT2D eigenvalue weighted by Gasteiger charge is 2.44. The van der Waals surface area contributed by atoms with Crippen molar-refractivity contribution in [3.63, 3.8) is 0 Å². The maximum atomic E-state index is 2.64. The lowest BCUT2D eigenvalue weighted by Gasteiger charge is -2.30. The molecule has 1 atom stereocenters. The van der Waals surface area contributed by atoms with Gasteiger partial charge in [-0.1, -0.05) is 36.9 Å². The Morgan fingerprint density at radius 3 is 3.00 bits per heavy atom. The van der Waals surface area contributed by atoms with E-state index in [9.17, 15) is 0 Å². The van der Waals surface area contributed by atoms with Crippen LogP contribution in [0.4, 0.5) is 0 Å². The van der Waals surface area contributed by atoms with Gasteiger partial charge >= 0.3 is 0 Å². The molecule has 0 saturated carbocycles. The third-order valence-electron chi connectivity index (χ3n) is 4.03. The molecule has 16 heavy (non-hydrogen) atoms. The lowest BCUT2D eigenvalue weighted by molar-refractivity contribution is -0.598. The van der Waals surface area contributed by atoms with E-state index in [4.69, 9.17) is 0 Å². The second kappa shape index (κ2) is 3.63. The molecule has 0 fully saturated rings. The topological polar surface area (TPSA) is 3.01 Å². The molecule has 2 heteroatoms. The van der Waals surface area contributed by atoms with Crippen LogP contribution < -0.4 is 0 Å². The Morgan fingerprint density at radius 1 is 1.38 bits per heavy atom. The predicted molar refractivity (Wildman–Crippen MR) is 70.5 cm³/mol. The van der Waals surface area contributed by atoms with Crippen molar-refractivity contribution in [3.8, 4) is 0 Å². The molecule has 0 amide bonds. The zero-order chi connectivity index (χ0) is 11.2. The third kappa shape index (κ3) is 1.36. The molecule has 0 bridgehead atoms. The summed E-state index contributed by atoms with van der Waals surface area (Å²) in [6.45, 7) is 5.95. The van der Waals surface area contributed by atoms with E-state index in [2.05, 4.69) is 42.7 Å². The van der Waals surface area contributed by atoms with Crippen LogP contribution in [0.2, 0.25) is 0 Å². The van der Waals surface area contributed by atoms with E-state index < -0.39 is 0 Å². The molecule has 0 N–H and O–H groups in total. The fourth-order valence-corrected chi connectivity index (χ4v) is 4.15. The SMILES string of the molecule is CC[C@@]1(C)Cc2ccccc2C2=[N+]1CCS2. The second-order valence-electron chi connectivity index (χ2n) is 4.99. The van der Waals surface area contributed by atoms with Crippen LogP contribution in [0.15, 0.2) is 24.3 Å². The van der Waals surface area contributed by atoms with E-state index in [1.54, 1.807) is 0 Å². The molecule has 0 aromatic heterocycles. The van der Waals surface area contributed by atoms with E-state index >= 15 is 0 Å². The van der Waals surface area contributed by atoms with Crippen molar-refractivity contribution in [2.75, 3.05) is 12.3 Å². The molecule has 84 valence electrons. The van der Waals surface area contributed by atoms with Gasteiger partial charge in [-0.25, -0.2) is 4.58 Å². The first-order valence-corrected chi connectivity index (χ1v) is 7.09. The first-order chi connectivity index (χ1) is 7.74. The minimum Gasteiger partial charge on any atom is -0.218 e.